The second-order valence-electron chi connectivity index (χ2n) is 7.68. The molecule has 1 saturated heterocycles. The summed E-state index contributed by atoms with van der Waals surface area (Å²) in [5.74, 6) is 3.65. The Morgan fingerprint density at radius 3 is 2.43 bits per heavy atom. The number of nitrogens with zero attached hydrogens (tertiary/aromatic N) is 1. The zero-order valence-electron chi connectivity index (χ0n) is 13.1. The van der Waals surface area contributed by atoms with Crippen LogP contribution in [-0.4, -0.2) is 49.2 Å². The van der Waals surface area contributed by atoms with E-state index in [0.717, 1.165) is 43.4 Å². The molecular weight excluding hydrogens is 264 g/mol. The third-order valence-electron chi connectivity index (χ3n) is 6.48. The summed E-state index contributed by atoms with van der Waals surface area (Å²) in [6.07, 6.45) is 6.90. The quantitative estimate of drug-likeness (QED) is 0.860. The number of likely N-dealkylation sites (N-methyl/N-ethyl adjacent to an activating group) is 1. The molecule has 4 nitrogen and oxygen atoms in total. The molecule has 1 atom stereocenters. The monoisotopic (exact) mass is 292 g/mol. The predicted octanol–water partition coefficient (Wildman–Crippen LogP) is 1.65. The summed E-state index contributed by atoms with van der Waals surface area (Å²) < 4.78 is 5.54. The SMILES string of the molecule is CCN1CCOC[C@H]1C(=O)NC1C2CC3CC(C2)CC1C3. The van der Waals surface area contributed by atoms with E-state index in [0.29, 0.717) is 12.6 Å². The van der Waals surface area contributed by atoms with Crippen LogP contribution in [0, 0.1) is 23.7 Å². The van der Waals surface area contributed by atoms with Crippen LogP contribution in [0.4, 0.5) is 0 Å². The zero-order valence-corrected chi connectivity index (χ0v) is 13.1. The van der Waals surface area contributed by atoms with Gasteiger partial charge in [0.2, 0.25) is 5.91 Å². The first-order valence-corrected chi connectivity index (χ1v) is 8.86. The lowest BCUT2D eigenvalue weighted by Gasteiger charge is -2.54. The number of ether oxygens (including phenoxy) is 1. The number of hydrogen-bond acceptors (Lipinski definition) is 3. The Kier molecular flexibility index (Phi) is 3.70. The second-order valence-corrected chi connectivity index (χ2v) is 7.68. The normalized spacial score (nSPS) is 45.8. The van der Waals surface area contributed by atoms with E-state index in [9.17, 15) is 4.79 Å². The number of amides is 1. The number of nitrogens with one attached hydrogen (secondary N) is 1. The second kappa shape index (κ2) is 5.54. The average molecular weight is 292 g/mol. The number of morpholine rings is 1. The highest BCUT2D eigenvalue weighted by molar-refractivity contribution is 5.82. The number of hydrogen-bond donors (Lipinski definition) is 1. The fourth-order valence-corrected chi connectivity index (χ4v) is 5.68. The molecule has 4 aliphatic carbocycles. The summed E-state index contributed by atoms with van der Waals surface area (Å²) in [6, 6.07) is 0.381. The molecule has 0 radical (unpaired) electrons. The Morgan fingerprint density at radius 2 is 1.81 bits per heavy atom. The largest absolute Gasteiger partial charge is 0.378 e. The third kappa shape index (κ3) is 2.50. The fourth-order valence-electron chi connectivity index (χ4n) is 5.68. The smallest absolute Gasteiger partial charge is 0.239 e. The molecule has 1 aliphatic heterocycles. The molecule has 4 bridgehead atoms. The minimum absolute atomic E-state index is 0.0686. The van der Waals surface area contributed by atoms with E-state index in [1.165, 1.54) is 32.1 Å². The molecule has 21 heavy (non-hydrogen) atoms. The van der Waals surface area contributed by atoms with E-state index in [4.69, 9.17) is 4.74 Å². The van der Waals surface area contributed by atoms with E-state index < -0.39 is 0 Å². The van der Waals surface area contributed by atoms with Crippen LogP contribution in [0.3, 0.4) is 0 Å². The van der Waals surface area contributed by atoms with Crippen LogP contribution in [0.1, 0.15) is 39.0 Å². The molecule has 5 aliphatic rings. The van der Waals surface area contributed by atoms with Crippen LogP contribution in [0.2, 0.25) is 0 Å². The van der Waals surface area contributed by atoms with Gasteiger partial charge in [0.25, 0.3) is 0 Å². The Hall–Kier alpha value is -0.610. The van der Waals surface area contributed by atoms with Crippen molar-refractivity contribution in [3.05, 3.63) is 0 Å². The molecule has 0 spiro atoms. The predicted molar refractivity (Wildman–Crippen MR) is 80.8 cm³/mol. The lowest BCUT2D eigenvalue weighted by atomic mass is 9.54. The lowest BCUT2D eigenvalue weighted by Crippen LogP contribution is -2.60. The first kappa shape index (κ1) is 14.0. The van der Waals surface area contributed by atoms with Crippen molar-refractivity contribution in [3.63, 3.8) is 0 Å². The van der Waals surface area contributed by atoms with Crippen molar-refractivity contribution in [1.29, 1.82) is 0 Å². The van der Waals surface area contributed by atoms with Gasteiger partial charge >= 0.3 is 0 Å². The molecule has 1 heterocycles. The first-order chi connectivity index (χ1) is 10.2. The van der Waals surface area contributed by atoms with Crippen molar-refractivity contribution in [2.45, 2.75) is 51.1 Å². The van der Waals surface area contributed by atoms with Gasteiger partial charge in [-0.25, -0.2) is 0 Å². The summed E-state index contributed by atoms with van der Waals surface area (Å²) in [5, 5.41) is 3.44. The van der Waals surface area contributed by atoms with Gasteiger partial charge in [-0.1, -0.05) is 6.92 Å². The van der Waals surface area contributed by atoms with Gasteiger partial charge in [-0.2, -0.15) is 0 Å². The van der Waals surface area contributed by atoms with Crippen LogP contribution in [0.15, 0.2) is 0 Å². The van der Waals surface area contributed by atoms with Gasteiger partial charge in [0.1, 0.15) is 6.04 Å². The molecular formula is C17H28N2O2. The summed E-state index contributed by atoms with van der Waals surface area (Å²) in [6.45, 7) is 5.27. The maximum Gasteiger partial charge on any atom is 0.239 e. The molecule has 0 aromatic rings. The van der Waals surface area contributed by atoms with Crippen molar-refractivity contribution in [1.82, 2.24) is 10.2 Å². The highest BCUT2D eigenvalue weighted by Crippen LogP contribution is 2.53. The Balaban J connectivity index is 1.42. The Bertz CT molecular complexity index is 384. The van der Waals surface area contributed by atoms with Crippen molar-refractivity contribution < 1.29 is 9.53 Å². The van der Waals surface area contributed by atoms with Gasteiger partial charge in [-0.3, -0.25) is 9.69 Å². The summed E-state index contributed by atoms with van der Waals surface area (Å²) in [5.41, 5.74) is 0. The maximum atomic E-state index is 12.7. The standard InChI is InChI=1S/C17H28N2O2/c1-2-19-3-4-21-10-15(19)17(20)18-16-13-6-11-5-12(8-13)9-14(16)7-11/h11-16H,2-10H2,1H3,(H,18,20)/t11?,12?,13?,14?,15-,16?/m0/s1. The van der Waals surface area contributed by atoms with Gasteiger partial charge < -0.3 is 10.1 Å². The van der Waals surface area contributed by atoms with Gasteiger partial charge in [-0.05, 0) is 62.3 Å². The topological polar surface area (TPSA) is 41.6 Å². The van der Waals surface area contributed by atoms with Crippen LogP contribution in [0.5, 0.6) is 0 Å². The van der Waals surface area contributed by atoms with Gasteiger partial charge in [0.15, 0.2) is 0 Å². The summed E-state index contributed by atoms with van der Waals surface area (Å²) in [4.78, 5) is 15.0. The van der Waals surface area contributed by atoms with Crippen LogP contribution in [0.25, 0.3) is 0 Å². The summed E-state index contributed by atoms with van der Waals surface area (Å²) >= 11 is 0. The van der Waals surface area contributed by atoms with Crippen molar-refractivity contribution >= 4 is 5.91 Å². The van der Waals surface area contributed by atoms with Crippen LogP contribution < -0.4 is 5.32 Å². The minimum Gasteiger partial charge on any atom is -0.378 e. The van der Waals surface area contributed by atoms with E-state index in [2.05, 4.69) is 17.1 Å². The molecule has 5 fully saturated rings. The van der Waals surface area contributed by atoms with Crippen molar-refractivity contribution in [2.24, 2.45) is 23.7 Å². The fraction of sp³-hybridized carbons (Fsp3) is 0.941. The van der Waals surface area contributed by atoms with Crippen LogP contribution >= 0.6 is 0 Å². The molecule has 1 N–H and O–H groups in total. The zero-order chi connectivity index (χ0) is 14.4. The molecule has 0 aromatic heterocycles. The van der Waals surface area contributed by atoms with Gasteiger partial charge in [0.05, 0.1) is 13.2 Å². The number of carbonyl (C=O) groups excluding carboxylic acids is 1. The Labute approximate surface area is 127 Å². The molecule has 4 heteroatoms. The van der Waals surface area contributed by atoms with E-state index >= 15 is 0 Å². The third-order valence-corrected chi connectivity index (χ3v) is 6.48. The highest BCUT2D eigenvalue weighted by Gasteiger charge is 2.49. The average Bonchev–Trinajstić information content (AvgIpc) is 2.50. The first-order valence-electron chi connectivity index (χ1n) is 8.86. The van der Waals surface area contributed by atoms with E-state index in [1.807, 2.05) is 0 Å². The molecule has 4 saturated carbocycles. The van der Waals surface area contributed by atoms with Crippen molar-refractivity contribution in [2.75, 3.05) is 26.3 Å². The number of rotatable bonds is 3. The molecule has 0 unspecified atom stereocenters. The lowest BCUT2D eigenvalue weighted by molar-refractivity contribution is -0.136. The summed E-state index contributed by atoms with van der Waals surface area (Å²) in [7, 11) is 0. The molecule has 118 valence electrons. The molecule has 0 aromatic carbocycles. The van der Waals surface area contributed by atoms with E-state index in [1.54, 1.807) is 0 Å². The van der Waals surface area contributed by atoms with Gasteiger partial charge in [0, 0.05) is 12.6 Å². The minimum atomic E-state index is -0.0686. The Morgan fingerprint density at radius 1 is 1.14 bits per heavy atom. The maximum absolute atomic E-state index is 12.7. The number of carbonyl (C=O) groups is 1. The van der Waals surface area contributed by atoms with Crippen molar-refractivity contribution in [3.8, 4) is 0 Å². The highest BCUT2D eigenvalue weighted by atomic mass is 16.5. The van der Waals surface area contributed by atoms with E-state index in [-0.39, 0.29) is 11.9 Å². The molecule has 5 rings (SSSR count). The van der Waals surface area contributed by atoms with Crippen LogP contribution in [-0.2, 0) is 9.53 Å². The molecule has 1 amide bonds. The van der Waals surface area contributed by atoms with Gasteiger partial charge in [-0.15, -0.1) is 0 Å².